The first kappa shape index (κ1) is 14.2. The summed E-state index contributed by atoms with van der Waals surface area (Å²) in [7, 11) is 1.83. The predicted octanol–water partition coefficient (Wildman–Crippen LogP) is 3.44. The van der Waals surface area contributed by atoms with E-state index in [1.54, 1.807) is 0 Å². The Morgan fingerprint density at radius 2 is 2.21 bits per heavy atom. The Hall–Kier alpha value is -1.22. The molecule has 0 amide bonds. The lowest BCUT2D eigenvalue weighted by Gasteiger charge is -2.38. The molecule has 3 heteroatoms. The summed E-state index contributed by atoms with van der Waals surface area (Å²) in [5, 5.41) is 0. The molecule has 2 rings (SSSR count). The molecule has 2 unspecified atom stereocenters. The molecular formula is C16H26N2O. The highest BCUT2D eigenvalue weighted by atomic mass is 16.5. The first-order valence-corrected chi connectivity index (χ1v) is 7.39. The zero-order valence-corrected chi connectivity index (χ0v) is 12.1. The van der Waals surface area contributed by atoms with Gasteiger partial charge >= 0.3 is 0 Å². The Bertz CT molecular complexity index is 394. The third-order valence-corrected chi connectivity index (χ3v) is 4.04. The Morgan fingerprint density at radius 3 is 2.89 bits per heavy atom. The summed E-state index contributed by atoms with van der Waals surface area (Å²) in [4.78, 5) is 2.52. The Morgan fingerprint density at radius 1 is 1.37 bits per heavy atom. The van der Waals surface area contributed by atoms with Gasteiger partial charge in [0.05, 0.1) is 6.10 Å². The number of hydrogen-bond acceptors (Lipinski definition) is 3. The molecule has 2 atom stereocenters. The number of methoxy groups -OCH3 is 1. The number of nitrogen functional groups attached to an aromatic ring is 1. The van der Waals surface area contributed by atoms with Gasteiger partial charge in [-0.05, 0) is 50.3 Å². The van der Waals surface area contributed by atoms with E-state index in [0.29, 0.717) is 12.1 Å². The predicted molar refractivity (Wildman–Crippen MR) is 81.5 cm³/mol. The molecule has 106 valence electrons. The van der Waals surface area contributed by atoms with E-state index in [1.165, 1.54) is 24.9 Å². The minimum absolute atomic E-state index is 0.416. The fourth-order valence-electron chi connectivity index (χ4n) is 3.08. The molecule has 1 saturated carbocycles. The average molecular weight is 262 g/mol. The van der Waals surface area contributed by atoms with Gasteiger partial charge in [0, 0.05) is 31.1 Å². The second-order valence-electron chi connectivity index (χ2n) is 5.47. The number of rotatable bonds is 5. The molecule has 19 heavy (non-hydrogen) atoms. The molecule has 1 fully saturated rings. The number of nitrogens with zero attached hydrogens (tertiary/aromatic N) is 1. The van der Waals surface area contributed by atoms with Gasteiger partial charge < -0.3 is 15.4 Å². The van der Waals surface area contributed by atoms with Gasteiger partial charge in [0.15, 0.2) is 0 Å². The van der Waals surface area contributed by atoms with Crippen LogP contribution in [-0.2, 0) is 4.74 Å². The Kier molecular flexibility index (Phi) is 5.08. The van der Waals surface area contributed by atoms with Crippen molar-refractivity contribution in [2.75, 3.05) is 24.3 Å². The van der Waals surface area contributed by atoms with Crippen LogP contribution < -0.4 is 10.6 Å². The maximum Gasteiger partial charge on any atom is 0.0591 e. The summed E-state index contributed by atoms with van der Waals surface area (Å²) in [6.07, 6.45) is 6.41. The van der Waals surface area contributed by atoms with Gasteiger partial charge in [-0.3, -0.25) is 0 Å². The van der Waals surface area contributed by atoms with Crippen LogP contribution in [0.4, 0.5) is 11.4 Å². The van der Waals surface area contributed by atoms with E-state index < -0.39 is 0 Å². The third-order valence-electron chi connectivity index (χ3n) is 4.04. The Balaban J connectivity index is 2.15. The van der Waals surface area contributed by atoms with Crippen molar-refractivity contribution in [3.05, 3.63) is 24.3 Å². The number of hydrogen-bond donors (Lipinski definition) is 1. The fraction of sp³-hybridized carbons (Fsp3) is 0.625. The highest BCUT2D eigenvalue weighted by Crippen LogP contribution is 2.29. The van der Waals surface area contributed by atoms with E-state index in [4.69, 9.17) is 10.5 Å². The van der Waals surface area contributed by atoms with Crippen molar-refractivity contribution in [2.45, 2.75) is 51.2 Å². The van der Waals surface area contributed by atoms with Gasteiger partial charge in [0.2, 0.25) is 0 Å². The lowest BCUT2D eigenvalue weighted by atomic mass is 9.91. The maximum absolute atomic E-state index is 5.92. The summed E-state index contributed by atoms with van der Waals surface area (Å²) >= 11 is 0. The molecular weight excluding hydrogens is 236 g/mol. The quantitative estimate of drug-likeness (QED) is 0.826. The van der Waals surface area contributed by atoms with Gasteiger partial charge in [-0.2, -0.15) is 0 Å². The van der Waals surface area contributed by atoms with Crippen LogP contribution >= 0.6 is 0 Å². The van der Waals surface area contributed by atoms with E-state index in [9.17, 15) is 0 Å². The topological polar surface area (TPSA) is 38.5 Å². The highest BCUT2D eigenvalue weighted by Gasteiger charge is 2.26. The van der Waals surface area contributed by atoms with Gasteiger partial charge in [-0.25, -0.2) is 0 Å². The number of ether oxygens (including phenoxy) is 1. The third kappa shape index (κ3) is 3.63. The number of benzene rings is 1. The SMILES string of the molecule is CCCN(c1cccc(N)c1)C1CCCC(OC)C1. The van der Waals surface area contributed by atoms with Gasteiger partial charge in [0.25, 0.3) is 0 Å². The van der Waals surface area contributed by atoms with E-state index in [0.717, 1.165) is 25.1 Å². The normalized spacial score (nSPS) is 23.3. The number of nitrogens with two attached hydrogens (primary N) is 1. The first-order valence-electron chi connectivity index (χ1n) is 7.39. The van der Waals surface area contributed by atoms with Crippen LogP contribution in [0.15, 0.2) is 24.3 Å². The number of anilines is 2. The zero-order chi connectivity index (χ0) is 13.7. The lowest BCUT2D eigenvalue weighted by Crippen LogP contribution is -2.41. The molecule has 0 saturated heterocycles. The van der Waals surface area contributed by atoms with E-state index in [1.807, 2.05) is 19.2 Å². The molecule has 2 N–H and O–H groups in total. The van der Waals surface area contributed by atoms with Crippen LogP contribution in [0.5, 0.6) is 0 Å². The van der Waals surface area contributed by atoms with Crippen LogP contribution in [0.3, 0.4) is 0 Å². The molecule has 0 bridgehead atoms. The lowest BCUT2D eigenvalue weighted by molar-refractivity contribution is 0.0631. The first-order chi connectivity index (χ1) is 9.24. The van der Waals surface area contributed by atoms with Gasteiger partial charge in [-0.1, -0.05) is 13.0 Å². The molecule has 1 aliphatic carbocycles. The molecule has 1 aliphatic rings. The highest BCUT2D eigenvalue weighted by molar-refractivity contribution is 5.56. The van der Waals surface area contributed by atoms with E-state index >= 15 is 0 Å². The summed E-state index contributed by atoms with van der Waals surface area (Å²) in [6.45, 7) is 3.32. The largest absolute Gasteiger partial charge is 0.399 e. The second kappa shape index (κ2) is 6.80. The van der Waals surface area contributed by atoms with Crippen LogP contribution in [-0.4, -0.2) is 25.8 Å². The minimum Gasteiger partial charge on any atom is -0.399 e. The van der Waals surface area contributed by atoms with Crippen molar-refractivity contribution in [1.29, 1.82) is 0 Å². The van der Waals surface area contributed by atoms with Crippen molar-refractivity contribution in [1.82, 2.24) is 0 Å². The molecule has 0 aliphatic heterocycles. The van der Waals surface area contributed by atoms with Crippen LogP contribution in [0.25, 0.3) is 0 Å². The average Bonchev–Trinajstić information content (AvgIpc) is 2.45. The van der Waals surface area contributed by atoms with Crippen LogP contribution in [0.2, 0.25) is 0 Å². The summed E-state index contributed by atoms with van der Waals surface area (Å²) in [6, 6.07) is 8.84. The molecule has 0 aromatic heterocycles. The van der Waals surface area contributed by atoms with Crippen molar-refractivity contribution >= 4 is 11.4 Å². The monoisotopic (exact) mass is 262 g/mol. The summed E-state index contributed by atoms with van der Waals surface area (Å²) in [5.74, 6) is 0. The van der Waals surface area contributed by atoms with Crippen molar-refractivity contribution in [3.63, 3.8) is 0 Å². The van der Waals surface area contributed by atoms with Crippen LogP contribution in [0.1, 0.15) is 39.0 Å². The molecule has 3 nitrogen and oxygen atoms in total. The molecule has 1 aromatic carbocycles. The van der Waals surface area contributed by atoms with Crippen molar-refractivity contribution in [3.8, 4) is 0 Å². The Labute approximate surface area is 116 Å². The summed E-state index contributed by atoms with van der Waals surface area (Å²) < 4.78 is 5.56. The summed E-state index contributed by atoms with van der Waals surface area (Å²) in [5.41, 5.74) is 8.02. The standard InChI is InChI=1S/C16H26N2O/c1-3-10-18(14-7-4-6-13(17)11-14)15-8-5-9-16(12-15)19-2/h4,6-7,11,15-16H,3,5,8-10,12,17H2,1-2H3. The van der Waals surface area contributed by atoms with Crippen molar-refractivity contribution < 1.29 is 4.74 Å². The van der Waals surface area contributed by atoms with Gasteiger partial charge in [-0.15, -0.1) is 0 Å². The molecule has 1 aromatic rings. The zero-order valence-electron chi connectivity index (χ0n) is 12.1. The van der Waals surface area contributed by atoms with E-state index in [2.05, 4.69) is 24.0 Å². The second-order valence-corrected chi connectivity index (χ2v) is 5.47. The van der Waals surface area contributed by atoms with Crippen LogP contribution in [0, 0.1) is 0 Å². The van der Waals surface area contributed by atoms with E-state index in [-0.39, 0.29) is 0 Å². The molecule has 0 radical (unpaired) electrons. The molecule has 0 heterocycles. The van der Waals surface area contributed by atoms with Crippen molar-refractivity contribution in [2.24, 2.45) is 0 Å². The fourth-order valence-corrected chi connectivity index (χ4v) is 3.08. The minimum atomic E-state index is 0.416. The molecule has 0 spiro atoms. The van der Waals surface area contributed by atoms with Gasteiger partial charge in [0.1, 0.15) is 0 Å². The smallest absolute Gasteiger partial charge is 0.0591 e. The maximum atomic E-state index is 5.92.